The number of nitrogens with two attached hydrogens (primary N) is 2. The van der Waals surface area contributed by atoms with Crippen LogP contribution in [0.3, 0.4) is 0 Å². The van der Waals surface area contributed by atoms with E-state index >= 15 is 0 Å². The molecule has 6 atom stereocenters. The van der Waals surface area contributed by atoms with Crippen molar-refractivity contribution in [2.75, 3.05) is 26.3 Å². The Morgan fingerprint density at radius 1 is 1.11 bits per heavy atom. The van der Waals surface area contributed by atoms with Gasteiger partial charge < -0.3 is 26.4 Å². The van der Waals surface area contributed by atoms with E-state index in [4.69, 9.17) is 16.2 Å². The summed E-state index contributed by atoms with van der Waals surface area (Å²) in [5.74, 6) is -0.423. The second kappa shape index (κ2) is 16.7. The predicted molar refractivity (Wildman–Crippen MR) is 179 cm³/mol. The Kier molecular flexibility index (Phi) is 13.2. The molecule has 0 bridgehead atoms. The molecule has 1 saturated heterocycles. The highest BCUT2D eigenvalue weighted by Crippen LogP contribution is 2.35. The molecule has 3 amide bonds. The minimum atomic E-state index is -4.13. The summed E-state index contributed by atoms with van der Waals surface area (Å²) in [6.45, 7) is 4.42. The monoisotopic (exact) mass is 677 g/mol. The zero-order valence-electron chi connectivity index (χ0n) is 27.7. The minimum Gasteiger partial charge on any atom is -0.393 e. The highest BCUT2D eigenvalue weighted by atomic mass is 32.2. The number of quaternary nitrogens is 1. The lowest BCUT2D eigenvalue weighted by Gasteiger charge is -2.43. The average Bonchev–Trinajstić information content (AvgIpc) is 3.50. The molecule has 262 valence electrons. The molecule has 4 unspecified atom stereocenters. The fraction of sp³-hybridized carbons (Fsp3) is 0.667. The predicted octanol–water partition coefficient (Wildman–Crippen LogP) is 2.38. The van der Waals surface area contributed by atoms with Crippen LogP contribution < -0.4 is 11.5 Å². The molecule has 3 aliphatic rings. The van der Waals surface area contributed by atoms with Crippen molar-refractivity contribution in [1.82, 2.24) is 8.61 Å². The number of ether oxygens (including phenoxy) is 1. The first kappa shape index (κ1) is 37.3. The van der Waals surface area contributed by atoms with E-state index in [1.165, 1.54) is 14.8 Å². The summed E-state index contributed by atoms with van der Waals surface area (Å²) in [5.41, 5.74) is 13.2. The molecule has 1 aliphatic carbocycles. The van der Waals surface area contributed by atoms with Crippen LogP contribution in [0, 0.1) is 5.92 Å². The average molecular weight is 678 g/mol. The number of rotatable bonds is 15. The van der Waals surface area contributed by atoms with Crippen LogP contribution >= 0.6 is 0 Å². The Labute approximate surface area is 279 Å². The molecule has 2 heterocycles. The van der Waals surface area contributed by atoms with Gasteiger partial charge in [0, 0.05) is 38.4 Å². The number of aliphatic hydroxyl groups excluding tert-OH is 2. The summed E-state index contributed by atoms with van der Waals surface area (Å²) in [5, 5.41) is 22.1. The topological polar surface area (TPSA) is 189 Å². The molecule has 13 nitrogen and oxygen atoms in total. The number of carbonyl (C=O) groups excluding carboxylic acids is 2. The maximum Gasteiger partial charge on any atom is 0.432 e. The Bertz CT molecular complexity index is 1360. The van der Waals surface area contributed by atoms with Gasteiger partial charge in [-0.05, 0) is 31.2 Å². The van der Waals surface area contributed by atoms with Gasteiger partial charge in [0.15, 0.2) is 0 Å². The highest BCUT2D eigenvalue weighted by Gasteiger charge is 2.48. The van der Waals surface area contributed by atoms with Crippen molar-refractivity contribution >= 4 is 28.5 Å². The van der Waals surface area contributed by atoms with Gasteiger partial charge in [0.25, 0.3) is 10.2 Å². The molecule has 2 aliphatic heterocycles. The smallest absolute Gasteiger partial charge is 0.393 e. The van der Waals surface area contributed by atoms with Crippen LogP contribution in [0.1, 0.15) is 77.2 Å². The second-order valence-corrected chi connectivity index (χ2v) is 15.0. The Morgan fingerprint density at radius 3 is 2.38 bits per heavy atom. The van der Waals surface area contributed by atoms with Crippen LogP contribution in [0.2, 0.25) is 0 Å². The van der Waals surface area contributed by atoms with Crippen LogP contribution in [0.5, 0.6) is 0 Å². The lowest BCUT2D eigenvalue weighted by atomic mass is 9.82. The van der Waals surface area contributed by atoms with Crippen molar-refractivity contribution in [3.05, 3.63) is 47.8 Å². The van der Waals surface area contributed by atoms with Crippen molar-refractivity contribution in [3.63, 3.8) is 0 Å². The van der Waals surface area contributed by atoms with Crippen LogP contribution in [0.4, 0.5) is 4.79 Å². The second-order valence-electron chi connectivity index (χ2n) is 13.2. The molecule has 6 N–H and O–H groups in total. The van der Waals surface area contributed by atoms with E-state index in [2.05, 4.69) is 4.99 Å². The fourth-order valence-corrected chi connectivity index (χ4v) is 8.95. The number of hydrogen-bond donors (Lipinski definition) is 4. The number of imide groups is 1. The summed E-state index contributed by atoms with van der Waals surface area (Å²) < 4.78 is 36.1. The third kappa shape index (κ3) is 9.12. The van der Waals surface area contributed by atoms with Gasteiger partial charge in [-0.3, -0.25) is 0 Å². The largest absolute Gasteiger partial charge is 0.432 e. The van der Waals surface area contributed by atoms with E-state index < -0.39 is 57.0 Å². The van der Waals surface area contributed by atoms with Gasteiger partial charge in [0.1, 0.15) is 17.9 Å². The number of aliphatic hydroxyl groups is 2. The number of hydrogen-bond acceptors (Lipinski definition) is 9. The zero-order valence-corrected chi connectivity index (χ0v) is 28.5. The maximum absolute atomic E-state index is 14.5. The van der Waals surface area contributed by atoms with E-state index in [1.54, 1.807) is 6.92 Å². The molecule has 0 spiro atoms. The van der Waals surface area contributed by atoms with Gasteiger partial charge in [0.05, 0.1) is 31.5 Å². The number of nitrogens with zero attached hydrogens (tertiary/aromatic N) is 4. The zero-order chi connectivity index (χ0) is 34.2. The Hall–Kier alpha value is -2.56. The number of urea groups is 1. The Morgan fingerprint density at radius 2 is 1.77 bits per heavy atom. The van der Waals surface area contributed by atoms with Crippen LogP contribution in [-0.4, -0.2) is 107 Å². The summed E-state index contributed by atoms with van der Waals surface area (Å²) in [6.07, 6.45) is 6.84. The fourth-order valence-electron chi connectivity index (χ4n) is 6.98. The van der Waals surface area contributed by atoms with Crippen molar-refractivity contribution in [2.24, 2.45) is 22.4 Å². The van der Waals surface area contributed by atoms with E-state index in [0.29, 0.717) is 18.5 Å². The molecule has 4 rings (SSSR count). The number of amides is 3. The first-order valence-electron chi connectivity index (χ1n) is 16.9. The first-order chi connectivity index (χ1) is 22.4. The summed E-state index contributed by atoms with van der Waals surface area (Å²) in [6, 6.07) is 5.61. The van der Waals surface area contributed by atoms with E-state index in [-0.39, 0.29) is 51.5 Å². The third-order valence-electron chi connectivity index (χ3n) is 9.66. The molecule has 1 aromatic carbocycles. The Balaban J connectivity index is 1.66. The standard InChI is InChI=1S/C33H52N6O7S/c1-3-28(40)21-31(41)30(20-26-12-8-5-9-13-26)38(47(44,45)37-14-16-46-17-15-37)24(2)18-27-22-39(23-36-27,33(35)43)32(42)29(34)19-25-10-6-4-7-11-25/h4,6-7,10-11,22-24,26,28-31,40-41H,3,5,8-9,12-21,34H2,1-2H3,(H-,35,43)/p+1/t24-,28?,29+,30?,31?,39?/m1/s1. The van der Waals surface area contributed by atoms with Crippen molar-refractivity contribution < 1.29 is 37.4 Å². The van der Waals surface area contributed by atoms with Gasteiger partial charge in [-0.15, -0.1) is 4.48 Å². The van der Waals surface area contributed by atoms with Gasteiger partial charge in [-0.2, -0.15) is 17.0 Å². The number of primary amides is 1. The normalized spacial score (nSPS) is 24.4. The molecule has 2 fully saturated rings. The summed E-state index contributed by atoms with van der Waals surface area (Å²) in [4.78, 5) is 30.8. The molecular formula is C33H53N6O7S+. The van der Waals surface area contributed by atoms with Crippen LogP contribution in [0.25, 0.3) is 0 Å². The quantitative estimate of drug-likeness (QED) is 0.204. The molecular weight excluding hydrogens is 624 g/mol. The third-order valence-corrected chi connectivity index (χ3v) is 11.8. The SMILES string of the molecule is CCC(O)CC(O)C(CC1CCCCC1)N([C@H](C)CC1=C[N+](C(N)=O)(C(=O)[C@@H](N)Cc2ccccc2)C=N1)S(=O)(=O)N1CCOCC1. The minimum absolute atomic E-state index is 0.0338. The number of aliphatic imine (C=N–C) groups is 1. The van der Waals surface area contributed by atoms with Gasteiger partial charge in [0.2, 0.25) is 6.34 Å². The lowest BCUT2D eigenvalue weighted by Crippen LogP contribution is -2.59. The number of carbonyl (C=O) groups is 2. The number of morpholine rings is 1. The van der Waals surface area contributed by atoms with Crippen molar-refractivity contribution in [3.8, 4) is 0 Å². The summed E-state index contributed by atoms with van der Waals surface area (Å²) in [7, 11) is -4.13. The van der Waals surface area contributed by atoms with Gasteiger partial charge >= 0.3 is 11.9 Å². The van der Waals surface area contributed by atoms with Crippen molar-refractivity contribution in [2.45, 2.75) is 108 Å². The van der Waals surface area contributed by atoms with Gasteiger partial charge in [-0.1, -0.05) is 69.4 Å². The lowest BCUT2D eigenvalue weighted by molar-refractivity contribution is -0.606. The molecule has 1 aromatic rings. The van der Waals surface area contributed by atoms with Gasteiger partial charge in [-0.25, -0.2) is 14.6 Å². The van der Waals surface area contributed by atoms with E-state index in [9.17, 15) is 28.2 Å². The molecule has 1 saturated carbocycles. The number of benzene rings is 1. The van der Waals surface area contributed by atoms with E-state index in [0.717, 1.165) is 44.0 Å². The van der Waals surface area contributed by atoms with Crippen LogP contribution in [0.15, 0.2) is 47.2 Å². The van der Waals surface area contributed by atoms with Crippen LogP contribution in [-0.2, 0) is 26.2 Å². The summed E-state index contributed by atoms with van der Waals surface area (Å²) >= 11 is 0. The maximum atomic E-state index is 14.5. The molecule has 47 heavy (non-hydrogen) atoms. The van der Waals surface area contributed by atoms with Crippen molar-refractivity contribution in [1.29, 1.82) is 0 Å². The molecule has 0 radical (unpaired) electrons. The molecule has 14 heteroatoms. The highest BCUT2D eigenvalue weighted by molar-refractivity contribution is 7.86. The first-order valence-corrected chi connectivity index (χ1v) is 18.3. The molecule has 0 aromatic heterocycles. The van der Waals surface area contributed by atoms with E-state index in [1.807, 2.05) is 37.3 Å².